The van der Waals surface area contributed by atoms with E-state index in [0.29, 0.717) is 6.10 Å². The molecule has 1 heterocycles. The van der Waals surface area contributed by atoms with Crippen LogP contribution >= 0.6 is 0 Å². The maximum absolute atomic E-state index is 8.91. The van der Waals surface area contributed by atoms with Crippen molar-refractivity contribution in [1.29, 1.82) is 0 Å². The molecule has 0 aromatic heterocycles. The molecule has 0 aromatic carbocycles. The molecule has 0 spiro atoms. The van der Waals surface area contributed by atoms with Gasteiger partial charge in [-0.3, -0.25) is 5.32 Å². The summed E-state index contributed by atoms with van der Waals surface area (Å²) in [7, 11) is 0. The number of nitrogens with one attached hydrogen (secondary N) is 2. The van der Waals surface area contributed by atoms with E-state index < -0.39 is 6.23 Å². The lowest BCUT2D eigenvalue weighted by molar-refractivity contribution is 0.0212. The maximum atomic E-state index is 8.91. The van der Waals surface area contributed by atoms with Crippen LogP contribution in [0.25, 0.3) is 0 Å². The summed E-state index contributed by atoms with van der Waals surface area (Å²) in [5.41, 5.74) is 0. The minimum atomic E-state index is -0.415. The van der Waals surface area contributed by atoms with Crippen molar-refractivity contribution in [1.82, 2.24) is 10.6 Å². The Balaban J connectivity index is 1.98. The summed E-state index contributed by atoms with van der Waals surface area (Å²) < 4.78 is 5.48. The van der Waals surface area contributed by atoms with E-state index in [9.17, 15) is 0 Å². The number of hydrogen-bond donors (Lipinski definition) is 3. The van der Waals surface area contributed by atoms with Crippen LogP contribution in [-0.4, -0.2) is 43.7 Å². The molecule has 1 aliphatic heterocycles. The zero-order chi connectivity index (χ0) is 8.81. The van der Waals surface area contributed by atoms with E-state index in [1.165, 1.54) is 0 Å². The molecule has 4 heteroatoms. The van der Waals surface area contributed by atoms with Gasteiger partial charge < -0.3 is 15.2 Å². The molecule has 1 saturated heterocycles. The first-order chi connectivity index (χ1) is 5.79. The van der Waals surface area contributed by atoms with Gasteiger partial charge in [-0.1, -0.05) is 0 Å². The van der Waals surface area contributed by atoms with Crippen LogP contribution in [0.5, 0.6) is 0 Å². The lowest BCUT2D eigenvalue weighted by atomic mass is 10.2. The van der Waals surface area contributed by atoms with Crippen LogP contribution in [0.1, 0.15) is 13.3 Å². The van der Waals surface area contributed by atoms with Crippen LogP contribution in [-0.2, 0) is 4.74 Å². The molecule has 1 fully saturated rings. The summed E-state index contributed by atoms with van der Waals surface area (Å²) in [5.74, 6) is 0. The Morgan fingerprint density at radius 3 is 3.17 bits per heavy atom. The maximum Gasteiger partial charge on any atom is 0.102 e. The van der Waals surface area contributed by atoms with Gasteiger partial charge in [0.1, 0.15) is 6.23 Å². The van der Waals surface area contributed by atoms with Crippen LogP contribution in [0.15, 0.2) is 0 Å². The smallest absolute Gasteiger partial charge is 0.102 e. The van der Waals surface area contributed by atoms with Crippen molar-refractivity contribution in [2.45, 2.75) is 25.7 Å². The largest absolute Gasteiger partial charge is 0.379 e. The van der Waals surface area contributed by atoms with Crippen LogP contribution in [0.2, 0.25) is 0 Å². The van der Waals surface area contributed by atoms with Crippen LogP contribution < -0.4 is 10.6 Å². The second kappa shape index (κ2) is 5.48. The Kier molecular flexibility index (Phi) is 4.53. The number of aliphatic hydroxyl groups excluding tert-OH is 1. The molecule has 4 nitrogen and oxygen atoms in total. The number of hydrogen-bond acceptors (Lipinski definition) is 4. The van der Waals surface area contributed by atoms with Crippen LogP contribution in [0, 0.1) is 0 Å². The normalized spacial score (nSPS) is 27.0. The van der Waals surface area contributed by atoms with Gasteiger partial charge in [0.05, 0.1) is 12.7 Å². The van der Waals surface area contributed by atoms with E-state index >= 15 is 0 Å². The van der Waals surface area contributed by atoms with Crippen molar-refractivity contribution >= 4 is 0 Å². The van der Waals surface area contributed by atoms with Gasteiger partial charge in [-0.05, 0) is 19.9 Å². The number of rotatable bonds is 4. The molecule has 0 saturated carbocycles. The number of morpholine rings is 1. The van der Waals surface area contributed by atoms with E-state index in [2.05, 4.69) is 10.6 Å². The second-order valence-corrected chi connectivity index (χ2v) is 3.12. The summed E-state index contributed by atoms with van der Waals surface area (Å²) in [6.45, 7) is 5.23. The minimum Gasteiger partial charge on any atom is -0.379 e. The Hall–Kier alpha value is -0.160. The van der Waals surface area contributed by atoms with Crippen molar-refractivity contribution in [3.05, 3.63) is 0 Å². The topological polar surface area (TPSA) is 53.5 Å². The Morgan fingerprint density at radius 1 is 1.75 bits per heavy atom. The molecule has 1 rings (SSSR count). The van der Waals surface area contributed by atoms with Crippen LogP contribution in [0.4, 0.5) is 0 Å². The molecule has 12 heavy (non-hydrogen) atoms. The third kappa shape index (κ3) is 4.01. The van der Waals surface area contributed by atoms with Gasteiger partial charge in [-0.15, -0.1) is 0 Å². The highest BCUT2D eigenvalue weighted by molar-refractivity contribution is 4.67. The Morgan fingerprint density at radius 2 is 2.58 bits per heavy atom. The standard InChI is InChI=1S/C8H18N2O2/c1-7(11)10-3-2-8-6-9-4-5-12-8/h7-11H,2-6H2,1H3. The van der Waals surface area contributed by atoms with E-state index in [0.717, 1.165) is 32.7 Å². The third-order valence-corrected chi connectivity index (χ3v) is 1.91. The predicted octanol–water partition coefficient (Wildman–Crippen LogP) is -0.707. The molecular formula is C8H18N2O2. The first kappa shape index (κ1) is 9.92. The van der Waals surface area contributed by atoms with Gasteiger partial charge in [0, 0.05) is 13.1 Å². The molecule has 0 amide bonds. The van der Waals surface area contributed by atoms with Gasteiger partial charge in [-0.25, -0.2) is 0 Å². The summed E-state index contributed by atoms with van der Waals surface area (Å²) in [6.07, 6.45) is 0.851. The number of ether oxygens (including phenoxy) is 1. The second-order valence-electron chi connectivity index (χ2n) is 3.12. The average Bonchev–Trinajstić information content (AvgIpc) is 2.05. The zero-order valence-corrected chi connectivity index (χ0v) is 7.55. The van der Waals surface area contributed by atoms with Gasteiger partial charge in [0.2, 0.25) is 0 Å². The van der Waals surface area contributed by atoms with Gasteiger partial charge in [0.25, 0.3) is 0 Å². The average molecular weight is 174 g/mol. The monoisotopic (exact) mass is 174 g/mol. The lowest BCUT2D eigenvalue weighted by Gasteiger charge is -2.23. The van der Waals surface area contributed by atoms with Crippen molar-refractivity contribution in [2.75, 3.05) is 26.2 Å². The zero-order valence-electron chi connectivity index (χ0n) is 7.55. The van der Waals surface area contributed by atoms with Crippen molar-refractivity contribution in [3.63, 3.8) is 0 Å². The molecule has 72 valence electrons. The molecule has 1 aliphatic rings. The summed E-state index contributed by atoms with van der Waals surface area (Å²) in [5, 5.41) is 15.1. The molecular weight excluding hydrogens is 156 g/mol. The Bertz CT molecular complexity index is 114. The molecule has 0 aliphatic carbocycles. The van der Waals surface area contributed by atoms with E-state index in [1.54, 1.807) is 6.92 Å². The van der Waals surface area contributed by atoms with Crippen molar-refractivity contribution in [3.8, 4) is 0 Å². The lowest BCUT2D eigenvalue weighted by Crippen LogP contribution is -2.40. The first-order valence-corrected chi connectivity index (χ1v) is 4.53. The van der Waals surface area contributed by atoms with E-state index in [-0.39, 0.29) is 0 Å². The summed E-state index contributed by atoms with van der Waals surface area (Å²) >= 11 is 0. The minimum absolute atomic E-state index is 0.310. The number of aliphatic hydroxyl groups is 1. The SMILES string of the molecule is CC(O)NCCC1CNCCO1. The molecule has 2 atom stereocenters. The molecule has 0 bridgehead atoms. The predicted molar refractivity (Wildman–Crippen MR) is 46.9 cm³/mol. The molecule has 2 unspecified atom stereocenters. The van der Waals surface area contributed by atoms with Crippen molar-refractivity contribution < 1.29 is 9.84 Å². The van der Waals surface area contributed by atoms with Gasteiger partial charge >= 0.3 is 0 Å². The quantitative estimate of drug-likeness (QED) is 0.493. The summed E-state index contributed by atoms with van der Waals surface area (Å²) in [6, 6.07) is 0. The molecule has 0 radical (unpaired) electrons. The molecule has 3 N–H and O–H groups in total. The fourth-order valence-electron chi connectivity index (χ4n) is 1.26. The Labute approximate surface area is 73.3 Å². The van der Waals surface area contributed by atoms with E-state index in [4.69, 9.17) is 9.84 Å². The fraction of sp³-hybridized carbons (Fsp3) is 1.00. The molecule has 0 aromatic rings. The van der Waals surface area contributed by atoms with E-state index in [1.807, 2.05) is 0 Å². The third-order valence-electron chi connectivity index (χ3n) is 1.91. The van der Waals surface area contributed by atoms with Gasteiger partial charge in [-0.2, -0.15) is 0 Å². The highest BCUT2D eigenvalue weighted by Crippen LogP contribution is 1.99. The van der Waals surface area contributed by atoms with Crippen molar-refractivity contribution in [2.24, 2.45) is 0 Å². The summed E-state index contributed by atoms with van der Waals surface area (Å²) in [4.78, 5) is 0. The first-order valence-electron chi connectivity index (χ1n) is 4.53. The highest BCUT2D eigenvalue weighted by Gasteiger charge is 2.12. The van der Waals surface area contributed by atoms with Gasteiger partial charge in [0.15, 0.2) is 0 Å². The van der Waals surface area contributed by atoms with Crippen LogP contribution in [0.3, 0.4) is 0 Å². The highest BCUT2D eigenvalue weighted by atomic mass is 16.5. The fourth-order valence-corrected chi connectivity index (χ4v) is 1.26.